The Labute approximate surface area is 270 Å². The average molecular weight is 687 g/mol. The van der Waals surface area contributed by atoms with E-state index in [1.807, 2.05) is 0 Å². The van der Waals surface area contributed by atoms with Crippen LogP contribution in [0, 0.1) is 0 Å². The number of alkyl halides is 2. The highest BCUT2D eigenvalue weighted by Crippen LogP contribution is 2.59. The van der Waals surface area contributed by atoms with E-state index >= 15 is 0 Å². The van der Waals surface area contributed by atoms with Crippen LogP contribution in [-0.2, 0) is 24.6 Å². The molecule has 0 saturated carbocycles. The molecule has 13 nitrogen and oxygen atoms in total. The molecular formula is C30H29F2N6O7PS. The van der Waals surface area contributed by atoms with Crippen molar-refractivity contribution in [2.24, 2.45) is 0 Å². The van der Waals surface area contributed by atoms with Crippen LogP contribution in [0.25, 0.3) is 21.0 Å². The number of nitrogens with one attached hydrogen (secondary N) is 2. The number of nitrogens with zero attached hydrogens (tertiary/aromatic N) is 4. The molecule has 0 bridgehead atoms. The van der Waals surface area contributed by atoms with E-state index in [0.29, 0.717) is 41.7 Å². The van der Waals surface area contributed by atoms with Gasteiger partial charge in [0.25, 0.3) is 5.91 Å². The molecule has 4 N–H and O–H groups in total. The third-order valence-corrected chi connectivity index (χ3v) is 10.6. The molecule has 0 unspecified atom stereocenters. The highest BCUT2D eigenvalue weighted by atomic mass is 32.1. The maximum Gasteiger partial charge on any atom is 0.399 e. The molecular weight excluding hydrogens is 657 g/mol. The molecule has 17 heteroatoms. The second kappa shape index (κ2) is 12.3. The van der Waals surface area contributed by atoms with Gasteiger partial charge in [0, 0.05) is 47.4 Å². The second-order valence-corrected chi connectivity index (χ2v) is 14.2. The molecule has 0 radical (unpaired) electrons. The minimum absolute atomic E-state index is 0.0487. The van der Waals surface area contributed by atoms with Crippen molar-refractivity contribution in [1.82, 2.24) is 25.3 Å². The molecule has 2 fully saturated rings. The summed E-state index contributed by atoms with van der Waals surface area (Å²) in [5, 5.41) is 14.5. The maximum atomic E-state index is 14.3. The van der Waals surface area contributed by atoms with E-state index in [4.69, 9.17) is 9.79 Å². The molecule has 4 heterocycles. The van der Waals surface area contributed by atoms with Crippen LogP contribution in [0.5, 0.6) is 0 Å². The van der Waals surface area contributed by atoms with Gasteiger partial charge in [0.2, 0.25) is 17.7 Å². The van der Waals surface area contributed by atoms with Crippen LogP contribution >= 0.6 is 18.9 Å². The predicted molar refractivity (Wildman–Crippen MR) is 168 cm³/mol. The first-order chi connectivity index (χ1) is 22.2. The van der Waals surface area contributed by atoms with Gasteiger partial charge in [-0.2, -0.15) is 19.0 Å². The smallest absolute Gasteiger partial charge is 0.340 e. The van der Waals surface area contributed by atoms with Gasteiger partial charge < -0.3 is 30.2 Å². The Morgan fingerprint density at radius 1 is 1.04 bits per heavy atom. The van der Waals surface area contributed by atoms with Gasteiger partial charge in [0.1, 0.15) is 12.1 Å². The van der Waals surface area contributed by atoms with Crippen LogP contribution in [0.4, 0.5) is 14.5 Å². The summed E-state index contributed by atoms with van der Waals surface area (Å²) in [7, 11) is -5.80. The lowest BCUT2D eigenvalue weighted by Gasteiger charge is -2.38. The lowest BCUT2D eigenvalue weighted by atomic mass is 10.1. The Bertz CT molecular complexity index is 1970. The topological polar surface area (TPSA) is 182 Å². The van der Waals surface area contributed by atoms with E-state index in [1.165, 1.54) is 28.9 Å². The highest BCUT2D eigenvalue weighted by Gasteiger charge is 2.50. The number of fused-ring (bicyclic) bond motifs is 3. The number of carbonyl (C=O) groups excluding carboxylic acids is 4. The SMILES string of the molecule is CC(=O)N1CC[C@H]2CC[C@@H](C(=O)Nc3ccc4ccnnc4c3)N2C(=O)[C@@H](NC(=O)c2cc3cc(C(F)(F)P(=O)(O)O)ccc3s2)C1. The molecule has 0 spiro atoms. The lowest BCUT2D eigenvalue weighted by molar-refractivity contribution is -0.143. The van der Waals surface area contributed by atoms with Crippen molar-refractivity contribution >= 4 is 69.2 Å². The maximum absolute atomic E-state index is 14.3. The molecule has 246 valence electrons. The zero-order chi connectivity index (χ0) is 33.7. The van der Waals surface area contributed by atoms with Gasteiger partial charge in [-0.15, -0.1) is 11.3 Å². The molecule has 2 aromatic carbocycles. The van der Waals surface area contributed by atoms with E-state index < -0.39 is 48.6 Å². The second-order valence-electron chi connectivity index (χ2n) is 11.5. The van der Waals surface area contributed by atoms with Gasteiger partial charge in [0.15, 0.2) is 0 Å². The first kappa shape index (κ1) is 32.6. The molecule has 47 heavy (non-hydrogen) atoms. The fourth-order valence-electron chi connectivity index (χ4n) is 6.05. The highest BCUT2D eigenvalue weighted by molar-refractivity contribution is 7.52. The van der Waals surface area contributed by atoms with E-state index in [2.05, 4.69) is 20.8 Å². The summed E-state index contributed by atoms with van der Waals surface area (Å²) in [6.45, 7) is 1.51. The van der Waals surface area contributed by atoms with Crippen molar-refractivity contribution in [1.29, 1.82) is 0 Å². The predicted octanol–water partition coefficient (Wildman–Crippen LogP) is 3.42. The number of anilines is 1. The van der Waals surface area contributed by atoms with Crippen molar-refractivity contribution in [3.05, 3.63) is 65.2 Å². The number of aromatic nitrogens is 2. The lowest BCUT2D eigenvalue weighted by Crippen LogP contribution is -2.60. The van der Waals surface area contributed by atoms with Crippen LogP contribution in [0.15, 0.2) is 54.7 Å². The van der Waals surface area contributed by atoms with Gasteiger partial charge in [0.05, 0.1) is 16.6 Å². The molecule has 4 aromatic rings. The third kappa shape index (κ3) is 6.33. The summed E-state index contributed by atoms with van der Waals surface area (Å²) < 4.78 is 40.4. The summed E-state index contributed by atoms with van der Waals surface area (Å²) in [6.07, 6.45) is 2.88. The average Bonchev–Trinajstić information content (AvgIpc) is 3.64. The summed E-state index contributed by atoms with van der Waals surface area (Å²) in [5.74, 6) is -1.96. The summed E-state index contributed by atoms with van der Waals surface area (Å²) in [5.41, 5.74) is -4.27. The van der Waals surface area contributed by atoms with Gasteiger partial charge in [-0.05, 0) is 61.0 Å². The third-order valence-electron chi connectivity index (χ3n) is 8.48. The molecule has 2 aliphatic heterocycles. The summed E-state index contributed by atoms with van der Waals surface area (Å²) in [4.78, 5) is 74.8. The molecule has 4 amide bonds. The van der Waals surface area contributed by atoms with Crippen molar-refractivity contribution < 1.29 is 42.3 Å². The Balaban J connectivity index is 1.24. The number of thiophene rings is 1. The van der Waals surface area contributed by atoms with Crippen LogP contribution in [-0.4, -0.2) is 84.6 Å². The van der Waals surface area contributed by atoms with Crippen LogP contribution in [0.2, 0.25) is 0 Å². The Hall–Kier alpha value is -4.37. The fraction of sp³-hybridized carbons (Fsp3) is 0.333. The monoisotopic (exact) mass is 686 g/mol. The number of hydrogen-bond donors (Lipinski definition) is 4. The van der Waals surface area contributed by atoms with Crippen LogP contribution in [0.1, 0.15) is 41.4 Å². The molecule has 2 aliphatic rings. The Morgan fingerprint density at radius 3 is 2.57 bits per heavy atom. The van der Waals surface area contributed by atoms with Crippen molar-refractivity contribution in [3.63, 3.8) is 0 Å². The Kier molecular flexibility index (Phi) is 8.55. The minimum Gasteiger partial charge on any atom is -0.340 e. The number of halogens is 2. The Morgan fingerprint density at radius 2 is 1.83 bits per heavy atom. The first-order valence-electron chi connectivity index (χ1n) is 14.6. The molecule has 2 saturated heterocycles. The normalized spacial score (nSPS) is 20.5. The van der Waals surface area contributed by atoms with Crippen molar-refractivity contribution in [3.8, 4) is 0 Å². The number of rotatable bonds is 6. The van der Waals surface area contributed by atoms with Gasteiger partial charge in [-0.3, -0.25) is 23.7 Å². The number of hydrogen-bond acceptors (Lipinski definition) is 8. The fourth-order valence-corrected chi connectivity index (χ4v) is 7.47. The number of amides is 4. The molecule has 0 aliphatic carbocycles. The van der Waals surface area contributed by atoms with Gasteiger partial charge in [-0.1, -0.05) is 12.1 Å². The standard InChI is InChI=1S/C30H29F2N6O7PS/c1-16(39)37-11-9-21-5-6-24(27(40)34-20-4-2-17-8-10-33-36-22(17)14-20)38(21)29(42)23(15-37)35-28(41)26-13-18-12-19(3-7-25(18)47-26)30(31,32)46(43,44)45/h2-4,7-8,10,12-14,21,23-24H,5-6,9,11,15H2,1H3,(H,34,40)(H,35,41)(H2,43,44,45)/t21-,23+,24+/m1/s1. The van der Waals surface area contributed by atoms with E-state index in [0.717, 1.165) is 28.9 Å². The molecule has 6 rings (SSSR count). The largest absolute Gasteiger partial charge is 0.399 e. The van der Waals surface area contributed by atoms with E-state index in [9.17, 15) is 32.5 Å². The zero-order valence-electron chi connectivity index (χ0n) is 24.8. The quantitative estimate of drug-likeness (QED) is 0.221. The summed E-state index contributed by atoms with van der Waals surface area (Å²) >= 11 is 0.935. The first-order valence-corrected chi connectivity index (χ1v) is 17.0. The van der Waals surface area contributed by atoms with Crippen LogP contribution in [0.3, 0.4) is 0 Å². The summed E-state index contributed by atoms with van der Waals surface area (Å²) in [6, 6.07) is 8.85. The number of benzene rings is 2. The van der Waals surface area contributed by atoms with Gasteiger partial charge in [-0.25, -0.2) is 0 Å². The van der Waals surface area contributed by atoms with Crippen molar-refractivity contribution in [2.45, 2.75) is 50.0 Å². The van der Waals surface area contributed by atoms with E-state index in [1.54, 1.807) is 30.5 Å². The molecule has 2 aromatic heterocycles. The van der Waals surface area contributed by atoms with Gasteiger partial charge >= 0.3 is 13.3 Å². The zero-order valence-corrected chi connectivity index (χ0v) is 26.5. The minimum atomic E-state index is -5.80. The van der Waals surface area contributed by atoms with Crippen molar-refractivity contribution in [2.75, 3.05) is 18.4 Å². The molecule has 3 atom stereocenters. The van der Waals surface area contributed by atoms with E-state index in [-0.39, 0.29) is 28.8 Å². The number of carbonyl (C=O) groups is 4. The van der Waals surface area contributed by atoms with Crippen LogP contribution < -0.4 is 10.6 Å².